The maximum Gasteiger partial charge on any atom is -0.0131 e. The summed E-state index contributed by atoms with van der Waals surface area (Å²) in [5.41, 5.74) is 1.56. The Balaban J connectivity index is 1.86. The molecule has 0 spiro atoms. The van der Waals surface area contributed by atoms with Crippen LogP contribution in [0.15, 0.2) is 30.3 Å². The van der Waals surface area contributed by atoms with Gasteiger partial charge in [-0.3, -0.25) is 0 Å². The fourth-order valence-electron chi connectivity index (χ4n) is 2.14. The molecular weight excluding hydrogens is 156 g/mol. The van der Waals surface area contributed by atoms with Gasteiger partial charge in [-0.25, -0.2) is 0 Å². The molecule has 2 rings (SSSR count). The second-order valence-corrected chi connectivity index (χ2v) is 4.16. The minimum atomic E-state index is 0.896. The standard InChI is InChI=1S/C13H18/c1-2-3-7-12-10-13(12)11-8-5-4-6-9-11/h4-6,8-9,12-13H,2-3,7,10H2,1H3/t12?,13-/m0/s1. The summed E-state index contributed by atoms with van der Waals surface area (Å²) in [6, 6.07) is 11.0. The SMILES string of the molecule is CCCCC1C[C@H]1c1ccccc1. The predicted molar refractivity (Wildman–Crippen MR) is 56.8 cm³/mol. The number of unbranched alkanes of at least 4 members (excludes halogenated alkanes) is 1. The van der Waals surface area contributed by atoms with Crippen molar-refractivity contribution in [3.63, 3.8) is 0 Å². The van der Waals surface area contributed by atoms with Gasteiger partial charge in [0.25, 0.3) is 0 Å². The Bertz CT molecular complexity index is 250. The Kier molecular flexibility index (Phi) is 2.68. The van der Waals surface area contributed by atoms with Crippen molar-refractivity contribution in [3.05, 3.63) is 35.9 Å². The molecule has 1 aromatic rings. The lowest BCUT2D eigenvalue weighted by molar-refractivity contribution is 0.640. The van der Waals surface area contributed by atoms with E-state index in [1.807, 2.05) is 0 Å². The zero-order valence-electron chi connectivity index (χ0n) is 8.37. The minimum Gasteiger partial charge on any atom is -0.0654 e. The van der Waals surface area contributed by atoms with Gasteiger partial charge in [-0.2, -0.15) is 0 Å². The molecule has 13 heavy (non-hydrogen) atoms. The van der Waals surface area contributed by atoms with E-state index in [1.54, 1.807) is 5.56 Å². The molecule has 1 aliphatic rings. The lowest BCUT2D eigenvalue weighted by atomic mass is 10.1. The van der Waals surface area contributed by atoms with Gasteiger partial charge < -0.3 is 0 Å². The molecule has 1 aliphatic carbocycles. The van der Waals surface area contributed by atoms with E-state index in [1.165, 1.54) is 25.7 Å². The average molecular weight is 174 g/mol. The van der Waals surface area contributed by atoms with Crippen LogP contribution in [-0.2, 0) is 0 Å². The fraction of sp³-hybridized carbons (Fsp3) is 0.538. The molecular formula is C13H18. The van der Waals surface area contributed by atoms with Gasteiger partial charge in [-0.15, -0.1) is 0 Å². The maximum atomic E-state index is 2.28. The molecule has 0 radical (unpaired) electrons. The Hall–Kier alpha value is -0.780. The van der Waals surface area contributed by atoms with Crippen molar-refractivity contribution >= 4 is 0 Å². The summed E-state index contributed by atoms with van der Waals surface area (Å²) in [5.74, 6) is 1.90. The van der Waals surface area contributed by atoms with Gasteiger partial charge in [0.2, 0.25) is 0 Å². The van der Waals surface area contributed by atoms with E-state index in [-0.39, 0.29) is 0 Å². The molecule has 0 aliphatic heterocycles. The first kappa shape index (κ1) is 8.80. The van der Waals surface area contributed by atoms with E-state index in [9.17, 15) is 0 Å². The van der Waals surface area contributed by atoms with Crippen molar-refractivity contribution < 1.29 is 0 Å². The second-order valence-electron chi connectivity index (χ2n) is 4.16. The summed E-state index contributed by atoms with van der Waals surface area (Å²) >= 11 is 0. The van der Waals surface area contributed by atoms with Crippen LogP contribution in [0.3, 0.4) is 0 Å². The molecule has 0 nitrogen and oxygen atoms in total. The van der Waals surface area contributed by atoms with Crippen LogP contribution in [-0.4, -0.2) is 0 Å². The highest BCUT2D eigenvalue weighted by Gasteiger charge is 2.36. The minimum absolute atomic E-state index is 0.896. The van der Waals surface area contributed by atoms with Crippen LogP contribution >= 0.6 is 0 Å². The number of benzene rings is 1. The molecule has 0 saturated heterocycles. The zero-order chi connectivity index (χ0) is 9.10. The number of hydrogen-bond acceptors (Lipinski definition) is 0. The van der Waals surface area contributed by atoms with E-state index >= 15 is 0 Å². The quantitative estimate of drug-likeness (QED) is 0.647. The third-order valence-electron chi connectivity index (χ3n) is 3.08. The topological polar surface area (TPSA) is 0 Å². The Morgan fingerprint density at radius 2 is 2.00 bits per heavy atom. The predicted octanol–water partition coefficient (Wildman–Crippen LogP) is 3.98. The van der Waals surface area contributed by atoms with Crippen LogP contribution in [0.4, 0.5) is 0 Å². The highest BCUT2D eigenvalue weighted by Crippen LogP contribution is 2.50. The first-order valence-electron chi connectivity index (χ1n) is 5.46. The Morgan fingerprint density at radius 1 is 1.23 bits per heavy atom. The summed E-state index contributed by atoms with van der Waals surface area (Å²) in [5, 5.41) is 0. The molecule has 70 valence electrons. The fourth-order valence-corrected chi connectivity index (χ4v) is 2.14. The molecule has 0 heterocycles. The van der Waals surface area contributed by atoms with Crippen LogP contribution < -0.4 is 0 Å². The summed E-state index contributed by atoms with van der Waals surface area (Å²) in [4.78, 5) is 0. The number of hydrogen-bond donors (Lipinski definition) is 0. The molecule has 1 unspecified atom stereocenters. The van der Waals surface area contributed by atoms with E-state index < -0.39 is 0 Å². The largest absolute Gasteiger partial charge is 0.0654 e. The van der Waals surface area contributed by atoms with Crippen molar-refractivity contribution in [1.82, 2.24) is 0 Å². The summed E-state index contributed by atoms with van der Waals surface area (Å²) in [7, 11) is 0. The summed E-state index contributed by atoms with van der Waals surface area (Å²) in [6.45, 7) is 2.28. The molecule has 1 fully saturated rings. The van der Waals surface area contributed by atoms with Crippen LogP contribution in [0.5, 0.6) is 0 Å². The Morgan fingerprint density at radius 3 is 2.69 bits per heavy atom. The van der Waals surface area contributed by atoms with Crippen LogP contribution in [0.2, 0.25) is 0 Å². The second kappa shape index (κ2) is 3.95. The normalized spacial score (nSPS) is 25.9. The average Bonchev–Trinajstić information content (AvgIpc) is 2.95. The molecule has 0 N–H and O–H groups in total. The highest BCUT2D eigenvalue weighted by molar-refractivity contribution is 5.25. The molecule has 1 aromatic carbocycles. The highest BCUT2D eigenvalue weighted by atomic mass is 14.4. The monoisotopic (exact) mass is 174 g/mol. The van der Waals surface area contributed by atoms with Crippen LogP contribution in [0, 0.1) is 5.92 Å². The molecule has 0 aromatic heterocycles. The molecule has 0 heteroatoms. The third kappa shape index (κ3) is 2.12. The lowest BCUT2D eigenvalue weighted by Crippen LogP contribution is -1.83. The Labute approximate surface area is 81.0 Å². The van der Waals surface area contributed by atoms with Gasteiger partial charge in [0.15, 0.2) is 0 Å². The van der Waals surface area contributed by atoms with E-state index in [0.717, 1.165) is 11.8 Å². The van der Waals surface area contributed by atoms with Gasteiger partial charge >= 0.3 is 0 Å². The van der Waals surface area contributed by atoms with Crippen molar-refractivity contribution in [2.45, 2.75) is 38.5 Å². The van der Waals surface area contributed by atoms with Gasteiger partial charge in [-0.1, -0.05) is 50.1 Å². The smallest absolute Gasteiger partial charge is 0.0131 e. The van der Waals surface area contributed by atoms with Gasteiger partial charge in [0, 0.05) is 0 Å². The molecule has 1 saturated carbocycles. The maximum absolute atomic E-state index is 2.28. The summed E-state index contributed by atoms with van der Waals surface area (Å²) < 4.78 is 0. The van der Waals surface area contributed by atoms with Gasteiger partial charge in [0.1, 0.15) is 0 Å². The van der Waals surface area contributed by atoms with E-state index in [0.29, 0.717) is 0 Å². The first-order valence-corrected chi connectivity index (χ1v) is 5.46. The van der Waals surface area contributed by atoms with Crippen molar-refractivity contribution in [2.24, 2.45) is 5.92 Å². The third-order valence-corrected chi connectivity index (χ3v) is 3.08. The number of rotatable bonds is 4. The van der Waals surface area contributed by atoms with E-state index in [4.69, 9.17) is 0 Å². The van der Waals surface area contributed by atoms with Crippen molar-refractivity contribution in [2.75, 3.05) is 0 Å². The summed E-state index contributed by atoms with van der Waals surface area (Å²) in [6.07, 6.45) is 5.63. The molecule has 2 atom stereocenters. The molecule has 0 amide bonds. The van der Waals surface area contributed by atoms with Gasteiger partial charge in [-0.05, 0) is 30.2 Å². The molecule has 0 bridgehead atoms. The van der Waals surface area contributed by atoms with Crippen LogP contribution in [0.1, 0.15) is 44.1 Å². The van der Waals surface area contributed by atoms with E-state index in [2.05, 4.69) is 37.3 Å². The first-order chi connectivity index (χ1) is 6.42. The zero-order valence-corrected chi connectivity index (χ0v) is 8.37. The lowest BCUT2D eigenvalue weighted by Gasteiger charge is -1.98. The van der Waals surface area contributed by atoms with Crippen LogP contribution in [0.25, 0.3) is 0 Å². The van der Waals surface area contributed by atoms with Gasteiger partial charge in [0.05, 0.1) is 0 Å². The van der Waals surface area contributed by atoms with Crippen molar-refractivity contribution in [3.8, 4) is 0 Å². The van der Waals surface area contributed by atoms with Crippen molar-refractivity contribution in [1.29, 1.82) is 0 Å².